The number of piperidine rings is 1. The molecule has 2 heterocycles. The van der Waals surface area contributed by atoms with Gasteiger partial charge in [0.25, 0.3) is 0 Å². The van der Waals surface area contributed by atoms with Crippen molar-refractivity contribution in [1.82, 2.24) is 19.9 Å². The zero-order valence-corrected chi connectivity index (χ0v) is 19.3. The number of rotatable bonds is 4. The summed E-state index contributed by atoms with van der Waals surface area (Å²) >= 11 is 17.6. The summed E-state index contributed by atoms with van der Waals surface area (Å²) in [5.41, 5.74) is -3.57. The van der Waals surface area contributed by atoms with Crippen LogP contribution in [-0.4, -0.2) is 45.5 Å². The van der Waals surface area contributed by atoms with E-state index >= 15 is 0 Å². The summed E-state index contributed by atoms with van der Waals surface area (Å²) in [6, 6.07) is 0.914. The summed E-state index contributed by atoms with van der Waals surface area (Å²) in [6.45, 7) is 4.35. The number of aromatic nitrogens is 3. The van der Waals surface area contributed by atoms with Crippen molar-refractivity contribution in [3.05, 3.63) is 35.2 Å². The second-order valence-corrected chi connectivity index (χ2v) is 9.76. The molecule has 0 radical (unpaired) electrons. The minimum Gasteiger partial charge on any atom is -0.350 e. The Morgan fingerprint density at radius 2 is 1.58 bits per heavy atom. The van der Waals surface area contributed by atoms with Crippen molar-refractivity contribution in [2.75, 3.05) is 25.0 Å². The molecule has 1 atom stereocenters. The van der Waals surface area contributed by atoms with Gasteiger partial charge in [0, 0.05) is 18.2 Å². The molecule has 1 aliphatic heterocycles. The van der Waals surface area contributed by atoms with Gasteiger partial charge in [-0.15, -0.1) is 0 Å². The minimum atomic E-state index is -5.03. The maximum absolute atomic E-state index is 13.3. The van der Waals surface area contributed by atoms with Crippen LogP contribution in [0, 0.1) is 0 Å². The SMILES string of the molecule is CCN1CCCC(Nc2nc(-c3cc(C(F)(F)F)cc(C(F)(F)F)c3)nc(C(Cl)(Cl)Cl)n2)C1. The number of hydrogen-bond donors (Lipinski definition) is 1. The molecule has 0 spiro atoms. The average molecular weight is 537 g/mol. The highest BCUT2D eigenvalue weighted by Gasteiger charge is 2.38. The molecule has 0 bridgehead atoms. The van der Waals surface area contributed by atoms with Gasteiger partial charge in [-0.3, -0.25) is 0 Å². The predicted octanol–water partition coefficient (Wildman–Crippen LogP) is 6.30. The van der Waals surface area contributed by atoms with E-state index in [1.807, 2.05) is 6.92 Å². The van der Waals surface area contributed by atoms with E-state index in [2.05, 4.69) is 25.2 Å². The van der Waals surface area contributed by atoms with Crippen LogP contribution in [0.5, 0.6) is 0 Å². The van der Waals surface area contributed by atoms with E-state index in [0.29, 0.717) is 18.7 Å². The van der Waals surface area contributed by atoms with E-state index in [1.54, 1.807) is 0 Å². The standard InChI is InChI=1S/C19H18Cl3F6N5/c1-2-33-5-3-4-13(9-33)29-16-31-14(30-15(32-16)17(20,21)22)10-6-11(18(23,24)25)8-12(7-10)19(26,27)28/h6-8,13H,2-5,9H2,1H3,(H,29,30,31,32). The van der Waals surface area contributed by atoms with Gasteiger partial charge in [0.2, 0.25) is 9.74 Å². The molecule has 5 nitrogen and oxygen atoms in total. The minimum absolute atomic E-state index is 0.0149. The number of hydrogen-bond acceptors (Lipinski definition) is 5. The van der Waals surface area contributed by atoms with Crippen molar-refractivity contribution in [2.45, 2.75) is 42.0 Å². The molecule has 1 saturated heterocycles. The summed E-state index contributed by atoms with van der Waals surface area (Å²) in [4.78, 5) is 14.1. The number of nitrogens with one attached hydrogen (secondary N) is 1. The first kappa shape index (κ1) is 26.1. The first-order valence-electron chi connectivity index (χ1n) is 9.79. The van der Waals surface area contributed by atoms with Gasteiger partial charge in [0.15, 0.2) is 11.6 Å². The lowest BCUT2D eigenvalue weighted by atomic mass is 10.0. The number of halogens is 9. The Labute approximate surface area is 200 Å². The van der Waals surface area contributed by atoms with E-state index in [1.165, 1.54) is 0 Å². The molecule has 1 aromatic carbocycles. The maximum atomic E-state index is 13.3. The van der Waals surface area contributed by atoms with Crippen molar-refractivity contribution in [2.24, 2.45) is 0 Å². The Kier molecular flexibility index (Phi) is 7.57. The summed E-state index contributed by atoms with van der Waals surface area (Å²) in [6.07, 6.45) is -8.44. The van der Waals surface area contributed by atoms with Crippen LogP contribution in [0.1, 0.15) is 36.7 Å². The van der Waals surface area contributed by atoms with Crippen LogP contribution in [0.4, 0.5) is 32.3 Å². The molecule has 2 aromatic rings. The molecule has 1 fully saturated rings. The van der Waals surface area contributed by atoms with Gasteiger partial charge in [0.05, 0.1) is 11.1 Å². The second kappa shape index (κ2) is 9.59. The number of alkyl halides is 9. The number of anilines is 1. The Morgan fingerprint density at radius 1 is 0.970 bits per heavy atom. The van der Waals surface area contributed by atoms with E-state index in [-0.39, 0.29) is 18.1 Å². The average Bonchev–Trinajstić information content (AvgIpc) is 2.71. The highest BCUT2D eigenvalue weighted by Crippen LogP contribution is 2.40. The third kappa shape index (κ3) is 6.74. The Bertz CT molecular complexity index is 961. The lowest BCUT2D eigenvalue weighted by Gasteiger charge is -2.32. The monoisotopic (exact) mass is 535 g/mol. The van der Waals surface area contributed by atoms with Crippen molar-refractivity contribution in [3.8, 4) is 11.4 Å². The molecule has 14 heteroatoms. The molecule has 3 rings (SSSR count). The highest BCUT2D eigenvalue weighted by molar-refractivity contribution is 6.66. The van der Waals surface area contributed by atoms with E-state index in [9.17, 15) is 26.3 Å². The van der Waals surface area contributed by atoms with Gasteiger partial charge in [0.1, 0.15) is 0 Å². The van der Waals surface area contributed by atoms with E-state index < -0.39 is 44.5 Å². The fourth-order valence-corrected chi connectivity index (χ4v) is 3.68. The van der Waals surface area contributed by atoms with Crippen LogP contribution in [-0.2, 0) is 16.1 Å². The molecular weight excluding hydrogens is 519 g/mol. The Hall–Kier alpha value is -1.56. The van der Waals surface area contributed by atoms with Crippen LogP contribution < -0.4 is 5.32 Å². The summed E-state index contributed by atoms with van der Waals surface area (Å²) in [5, 5.41) is 3.03. The number of likely N-dealkylation sites (N-methyl/N-ethyl adjacent to an activating group) is 1. The quantitative estimate of drug-likeness (QED) is 0.367. The number of nitrogens with zero attached hydrogens (tertiary/aromatic N) is 4. The zero-order chi connectivity index (χ0) is 24.6. The largest absolute Gasteiger partial charge is 0.416 e. The fourth-order valence-electron chi connectivity index (χ4n) is 3.42. The molecule has 0 saturated carbocycles. The van der Waals surface area contributed by atoms with Gasteiger partial charge in [-0.05, 0) is 44.1 Å². The molecule has 0 amide bonds. The molecule has 1 aliphatic rings. The number of benzene rings is 1. The highest BCUT2D eigenvalue weighted by atomic mass is 35.6. The smallest absolute Gasteiger partial charge is 0.350 e. The Morgan fingerprint density at radius 3 is 2.09 bits per heavy atom. The van der Waals surface area contributed by atoms with Crippen LogP contribution in [0.15, 0.2) is 18.2 Å². The fraction of sp³-hybridized carbons (Fsp3) is 0.526. The van der Waals surface area contributed by atoms with Gasteiger partial charge < -0.3 is 10.2 Å². The van der Waals surface area contributed by atoms with Gasteiger partial charge in [-0.25, -0.2) is 4.98 Å². The summed E-state index contributed by atoms with van der Waals surface area (Å²) in [7, 11) is 0. The molecule has 0 aliphatic carbocycles. The van der Waals surface area contributed by atoms with Gasteiger partial charge in [-0.2, -0.15) is 36.3 Å². The topological polar surface area (TPSA) is 53.9 Å². The van der Waals surface area contributed by atoms with Crippen molar-refractivity contribution in [1.29, 1.82) is 0 Å². The van der Waals surface area contributed by atoms with Crippen LogP contribution in [0.3, 0.4) is 0 Å². The van der Waals surface area contributed by atoms with E-state index in [0.717, 1.165) is 25.9 Å². The van der Waals surface area contributed by atoms with Crippen molar-refractivity contribution < 1.29 is 26.3 Å². The van der Waals surface area contributed by atoms with Crippen molar-refractivity contribution in [3.63, 3.8) is 0 Å². The second-order valence-electron chi connectivity index (χ2n) is 7.48. The van der Waals surface area contributed by atoms with Gasteiger partial charge >= 0.3 is 12.4 Å². The lowest BCUT2D eigenvalue weighted by Crippen LogP contribution is -2.42. The maximum Gasteiger partial charge on any atom is 0.416 e. The third-order valence-electron chi connectivity index (χ3n) is 5.02. The normalized spacial score (nSPS) is 18.4. The zero-order valence-electron chi connectivity index (χ0n) is 17.0. The molecular formula is C19H18Cl3F6N5. The summed E-state index contributed by atoms with van der Waals surface area (Å²) < 4.78 is 77.5. The Balaban J connectivity index is 2.09. The number of likely N-dealkylation sites (tertiary alicyclic amines) is 1. The predicted molar refractivity (Wildman–Crippen MR) is 113 cm³/mol. The van der Waals surface area contributed by atoms with Gasteiger partial charge in [-0.1, -0.05) is 41.7 Å². The third-order valence-corrected chi connectivity index (χ3v) is 5.53. The van der Waals surface area contributed by atoms with Crippen LogP contribution in [0.25, 0.3) is 11.4 Å². The molecule has 33 heavy (non-hydrogen) atoms. The first-order chi connectivity index (χ1) is 15.2. The molecule has 1 unspecified atom stereocenters. The van der Waals surface area contributed by atoms with Crippen molar-refractivity contribution >= 4 is 40.8 Å². The van der Waals surface area contributed by atoms with Crippen LogP contribution in [0.2, 0.25) is 0 Å². The first-order valence-corrected chi connectivity index (χ1v) is 10.9. The van der Waals surface area contributed by atoms with Crippen LogP contribution >= 0.6 is 34.8 Å². The summed E-state index contributed by atoms with van der Waals surface area (Å²) in [5.74, 6) is -1.04. The molecule has 1 aromatic heterocycles. The van der Waals surface area contributed by atoms with E-state index in [4.69, 9.17) is 34.8 Å². The molecule has 182 valence electrons. The molecule has 1 N–H and O–H groups in total. The lowest BCUT2D eigenvalue weighted by molar-refractivity contribution is -0.143.